The first-order chi connectivity index (χ1) is 30.1. The van der Waals surface area contributed by atoms with E-state index in [9.17, 15) is 9.59 Å². The Morgan fingerprint density at radius 3 is 2.08 bits per heavy atom. The molecule has 0 aliphatic carbocycles. The zero-order chi connectivity index (χ0) is 43.0. The second-order valence-corrected chi connectivity index (χ2v) is 19.4. The highest BCUT2D eigenvalue weighted by atomic mass is 33.1. The van der Waals surface area contributed by atoms with Gasteiger partial charge in [-0.3, -0.25) is 24.5 Å². The molecule has 4 aromatic carbocycles. The van der Waals surface area contributed by atoms with Crippen LogP contribution >= 0.6 is 21.6 Å². The van der Waals surface area contributed by atoms with Crippen LogP contribution in [-0.2, 0) is 26.1 Å². The molecule has 62 heavy (non-hydrogen) atoms. The molecule has 0 saturated carbocycles. The van der Waals surface area contributed by atoms with E-state index in [4.69, 9.17) is 33.7 Å². The summed E-state index contributed by atoms with van der Waals surface area (Å²) in [5.41, 5.74) is 7.51. The number of hydrogen-bond donors (Lipinski definition) is 1. The van der Waals surface area contributed by atoms with Crippen molar-refractivity contribution in [3.05, 3.63) is 119 Å². The van der Waals surface area contributed by atoms with E-state index in [0.717, 1.165) is 36.2 Å². The summed E-state index contributed by atoms with van der Waals surface area (Å²) in [6.45, 7) is 5.78. The highest BCUT2D eigenvalue weighted by molar-refractivity contribution is 8.76. The third-order valence-electron chi connectivity index (χ3n) is 11.6. The normalized spacial score (nSPS) is 17.1. The number of methoxy groups -OCH3 is 2. The lowest BCUT2D eigenvalue weighted by Crippen LogP contribution is -2.39. The predicted molar refractivity (Wildman–Crippen MR) is 247 cm³/mol. The van der Waals surface area contributed by atoms with E-state index in [1.807, 2.05) is 81.4 Å². The second-order valence-electron chi connectivity index (χ2n) is 16.3. The number of nitrogens with one attached hydrogen (secondary N) is 1. The van der Waals surface area contributed by atoms with Gasteiger partial charge >= 0.3 is 0 Å². The Balaban J connectivity index is 0.954. The van der Waals surface area contributed by atoms with Crippen molar-refractivity contribution in [2.75, 3.05) is 48.7 Å². The molecule has 5 heterocycles. The summed E-state index contributed by atoms with van der Waals surface area (Å²) in [6, 6.07) is 26.6. The molecule has 1 aromatic heterocycles. The van der Waals surface area contributed by atoms with Crippen molar-refractivity contribution in [3.8, 4) is 28.7 Å². The molecule has 4 aliphatic rings. The smallest absolute Gasteiger partial charge is 0.261 e. The third kappa shape index (κ3) is 8.25. The molecule has 4 aliphatic heterocycles. The van der Waals surface area contributed by atoms with Gasteiger partial charge in [-0.25, -0.2) is 0 Å². The predicted octanol–water partition coefficient (Wildman–Crippen LogP) is 9.49. The van der Waals surface area contributed by atoms with Crippen LogP contribution in [0.25, 0.3) is 0 Å². The molecule has 2 amide bonds. The van der Waals surface area contributed by atoms with Gasteiger partial charge in [-0.05, 0) is 74.8 Å². The van der Waals surface area contributed by atoms with E-state index in [2.05, 4.69) is 37.6 Å². The Bertz CT molecular complexity index is 2570. The first-order valence-electron chi connectivity index (χ1n) is 20.8. The number of ether oxygens (including phenoxy) is 5. The molecule has 0 fully saturated rings. The minimum atomic E-state index is -0.175. The number of aliphatic imine (C=N–C) groups is 1. The molecule has 12 nitrogen and oxygen atoms in total. The lowest BCUT2D eigenvalue weighted by Gasteiger charge is -2.22. The van der Waals surface area contributed by atoms with Crippen molar-refractivity contribution in [1.29, 1.82) is 0 Å². The van der Waals surface area contributed by atoms with Gasteiger partial charge in [-0.15, -0.1) is 0 Å². The van der Waals surface area contributed by atoms with E-state index in [1.165, 1.54) is 5.56 Å². The average molecular weight is 872 g/mol. The summed E-state index contributed by atoms with van der Waals surface area (Å²) in [5.74, 6) is 2.18. The Kier molecular flexibility index (Phi) is 11.7. The fourth-order valence-corrected chi connectivity index (χ4v) is 11.0. The Morgan fingerprint density at radius 2 is 1.39 bits per heavy atom. The topological polar surface area (TPSA) is 124 Å². The van der Waals surface area contributed by atoms with Gasteiger partial charge in [0.25, 0.3) is 11.8 Å². The monoisotopic (exact) mass is 871 g/mol. The summed E-state index contributed by atoms with van der Waals surface area (Å²) in [6.07, 6.45) is 7.29. The number of amides is 2. The van der Waals surface area contributed by atoms with Crippen LogP contribution in [0.1, 0.15) is 69.9 Å². The zero-order valence-electron chi connectivity index (χ0n) is 35.4. The number of rotatable bonds is 15. The largest absolute Gasteiger partial charge is 0.493 e. The van der Waals surface area contributed by atoms with E-state index >= 15 is 0 Å². The SMILES string of the molecule is COc1cc2c(cc1OCc1cc(OCCCC(C)(C)SSC)cc(COc3cc4c(cc3OC)C(=O)N3c5ccccc5CC3CN4)n1)N=C[C@@H]1Cc3ccccc3N1C2=O. The molecule has 5 aromatic rings. The fraction of sp³-hybridized carbons (Fsp3) is 0.333. The van der Waals surface area contributed by atoms with Crippen LogP contribution in [0.2, 0.25) is 0 Å². The van der Waals surface area contributed by atoms with Crippen molar-refractivity contribution in [2.24, 2.45) is 4.99 Å². The minimum Gasteiger partial charge on any atom is -0.493 e. The van der Waals surface area contributed by atoms with Crippen LogP contribution in [0.5, 0.6) is 28.7 Å². The molecule has 0 saturated heterocycles. The van der Waals surface area contributed by atoms with Crippen LogP contribution in [0.4, 0.5) is 22.7 Å². The number of aromatic nitrogens is 1. The maximum atomic E-state index is 14.0. The van der Waals surface area contributed by atoms with Gasteiger partial charge in [0.2, 0.25) is 0 Å². The Labute approximate surface area is 369 Å². The van der Waals surface area contributed by atoms with Gasteiger partial charge in [0.15, 0.2) is 23.0 Å². The molecule has 9 rings (SSSR count). The first-order valence-corrected chi connectivity index (χ1v) is 23.3. The van der Waals surface area contributed by atoms with E-state index in [-0.39, 0.29) is 41.9 Å². The number of hydrogen-bond acceptors (Lipinski definition) is 12. The van der Waals surface area contributed by atoms with Crippen molar-refractivity contribution in [1.82, 2.24) is 4.98 Å². The molecule has 0 spiro atoms. The molecule has 14 heteroatoms. The Morgan fingerprint density at radius 1 is 0.758 bits per heavy atom. The average Bonchev–Trinajstić information content (AvgIpc) is 3.77. The summed E-state index contributed by atoms with van der Waals surface area (Å²) in [4.78, 5) is 41.4. The summed E-state index contributed by atoms with van der Waals surface area (Å²) >= 11 is 0. The van der Waals surface area contributed by atoms with Crippen molar-refractivity contribution in [3.63, 3.8) is 0 Å². The number of benzene rings is 4. The second kappa shape index (κ2) is 17.5. The van der Waals surface area contributed by atoms with Crippen molar-refractivity contribution >= 4 is 62.4 Å². The molecular weight excluding hydrogens is 823 g/mol. The molecular formula is C48H49N5O7S2. The van der Waals surface area contributed by atoms with Gasteiger partial charge in [0, 0.05) is 59.6 Å². The number of nitrogens with zero attached hydrogens (tertiary/aromatic N) is 4. The van der Waals surface area contributed by atoms with Crippen LogP contribution < -0.4 is 38.8 Å². The summed E-state index contributed by atoms with van der Waals surface area (Å²) in [5, 5.41) is 3.50. The maximum Gasteiger partial charge on any atom is 0.261 e. The molecule has 320 valence electrons. The number of pyridine rings is 1. The Hall–Kier alpha value is -5.86. The minimum absolute atomic E-state index is 0.00228. The number of para-hydroxylation sites is 2. The van der Waals surface area contributed by atoms with Gasteiger partial charge < -0.3 is 33.9 Å². The molecule has 1 unspecified atom stereocenters. The van der Waals surface area contributed by atoms with Crippen LogP contribution in [0.15, 0.2) is 89.9 Å². The number of anilines is 3. The molecule has 0 bridgehead atoms. The van der Waals surface area contributed by atoms with E-state index in [1.54, 1.807) is 43.2 Å². The number of carbonyl (C=O) groups excluding carboxylic acids is 2. The highest BCUT2D eigenvalue weighted by Crippen LogP contribution is 2.43. The number of fused-ring (bicyclic) bond motifs is 8. The standard InChI is InChI=1S/C48H49N5O7S2/c1-48(2,62-61-5)15-10-16-58-35-19-31(27-59-44-23-38-36(21-42(44)56-3)46(54)52-33(25-49-38)17-29-11-6-8-13-40(29)52)51-32(20-35)28-60-45-24-39-37(22-43(45)57-4)47(55)53-34(26-50-39)18-30-12-7-9-14-41(30)53/h6-9,11-14,19-25,33-34,50H,10,15-18,26-28H2,1-5H3/t33-,34?/m0/s1. The third-order valence-corrected chi connectivity index (χ3v) is 14.3. The molecule has 0 radical (unpaired) electrons. The molecule has 1 N–H and O–H groups in total. The van der Waals surface area contributed by atoms with Crippen molar-refractivity contribution in [2.45, 2.75) is 69.6 Å². The zero-order valence-corrected chi connectivity index (χ0v) is 37.1. The first kappa shape index (κ1) is 41.5. The molecule has 2 atom stereocenters. The van der Waals surface area contributed by atoms with Gasteiger partial charge in [0.1, 0.15) is 19.0 Å². The summed E-state index contributed by atoms with van der Waals surface area (Å²) in [7, 11) is 6.76. The number of carbonyl (C=O) groups is 2. The lowest BCUT2D eigenvalue weighted by molar-refractivity contribution is 0.0976. The van der Waals surface area contributed by atoms with Crippen LogP contribution in [0, 0.1) is 0 Å². The van der Waals surface area contributed by atoms with E-state index in [0.29, 0.717) is 82.2 Å². The van der Waals surface area contributed by atoms with Crippen LogP contribution in [-0.4, -0.2) is 73.5 Å². The van der Waals surface area contributed by atoms with Crippen molar-refractivity contribution < 1.29 is 33.3 Å². The van der Waals surface area contributed by atoms with Gasteiger partial charge in [0.05, 0.1) is 66.8 Å². The maximum absolute atomic E-state index is 14.0. The van der Waals surface area contributed by atoms with Gasteiger partial charge in [-0.1, -0.05) is 58.0 Å². The summed E-state index contributed by atoms with van der Waals surface area (Å²) < 4.78 is 30.9. The fourth-order valence-electron chi connectivity index (χ4n) is 8.71. The quantitative estimate of drug-likeness (QED) is 0.0800. The van der Waals surface area contributed by atoms with E-state index < -0.39 is 0 Å². The highest BCUT2D eigenvalue weighted by Gasteiger charge is 2.39. The van der Waals surface area contributed by atoms with Gasteiger partial charge in [-0.2, -0.15) is 0 Å². The van der Waals surface area contributed by atoms with Crippen LogP contribution in [0.3, 0.4) is 0 Å². The lowest BCUT2D eigenvalue weighted by atomic mass is 10.1.